The van der Waals surface area contributed by atoms with Gasteiger partial charge in [-0.1, -0.05) is 18.2 Å². The van der Waals surface area contributed by atoms with Crippen molar-refractivity contribution < 1.29 is 14.3 Å². The quantitative estimate of drug-likeness (QED) is 0.762. The Morgan fingerprint density at radius 2 is 1.93 bits per heavy atom. The van der Waals surface area contributed by atoms with E-state index in [2.05, 4.69) is 37.0 Å². The second-order valence-electron chi connectivity index (χ2n) is 7.05. The minimum Gasteiger partial charge on any atom is -0.462 e. The Kier molecular flexibility index (Phi) is 5.59. The third-order valence-corrected chi connectivity index (χ3v) is 5.23. The third-order valence-electron chi connectivity index (χ3n) is 5.23. The van der Waals surface area contributed by atoms with Crippen molar-refractivity contribution in [3.05, 3.63) is 64.0 Å². The molecule has 1 saturated heterocycles. The predicted molar refractivity (Wildman–Crippen MR) is 104 cm³/mol. The van der Waals surface area contributed by atoms with E-state index < -0.39 is 5.97 Å². The van der Waals surface area contributed by atoms with Gasteiger partial charge < -0.3 is 9.64 Å². The number of esters is 1. The Balaban J connectivity index is 1.85. The highest BCUT2D eigenvalue weighted by Gasteiger charge is 2.31. The zero-order valence-electron chi connectivity index (χ0n) is 16.4. The number of nitrogens with zero attached hydrogens (tertiary/aromatic N) is 2. The topological polar surface area (TPSA) is 59.5 Å². The number of benzene rings is 1. The SMILES string of the molecule is CCOC(=O)c1ccc(C(=O)N2CCCC2c2ccc(C)c(C)c2)nc1C. The van der Waals surface area contributed by atoms with E-state index in [1.54, 1.807) is 26.0 Å². The van der Waals surface area contributed by atoms with Crippen molar-refractivity contribution >= 4 is 11.9 Å². The van der Waals surface area contributed by atoms with Gasteiger partial charge in [-0.15, -0.1) is 0 Å². The van der Waals surface area contributed by atoms with E-state index in [9.17, 15) is 9.59 Å². The van der Waals surface area contributed by atoms with Crippen LogP contribution in [0.25, 0.3) is 0 Å². The molecule has 142 valence electrons. The standard InChI is InChI=1S/C22H26N2O3/c1-5-27-22(26)18-10-11-19(23-16(18)4)21(25)24-12-6-7-20(24)17-9-8-14(2)15(3)13-17/h8-11,13,20H,5-7,12H2,1-4H3. The fraction of sp³-hybridized carbons (Fsp3) is 0.409. The molecule has 0 N–H and O–H groups in total. The van der Waals surface area contributed by atoms with Gasteiger partial charge in [0.25, 0.3) is 5.91 Å². The fourth-order valence-corrected chi connectivity index (χ4v) is 3.58. The maximum Gasteiger partial charge on any atom is 0.339 e. The van der Waals surface area contributed by atoms with Gasteiger partial charge in [0.1, 0.15) is 5.69 Å². The lowest BCUT2D eigenvalue weighted by atomic mass is 9.99. The summed E-state index contributed by atoms with van der Waals surface area (Å²) < 4.78 is 5.03. The number of rotatable bonds is 4. The summed E-state index contributed by atoms with van der Waals surface area (Å²) in [5.41, 5.74) is 4.95. The number of aryl methyl sites for hydroxylation is 3. The smallest absolute Gasteiger partial charge is 0.339 e. The summed E-state index contributed by atoms with van der Waals surface area (Å²) in [5.74, 6) is -0.495. The molecule has 1 fully saturated rings. The van der Waals surface area contributed by atoms with Crippen molar-refractivity contribution in [1.82, 2.24) is 9.88 Å². The Hall–Kier alpha value is -2.69. The van der Waals surface area contributed by atoms with Crippen LogP contribution in [0.2, 0.25) is 0 Å². The molecular formula is C22H26N2O3. The Bertz CT molecular complexity index is 876. The second kappa shape index (κ2) is 7.91. The molecule has 0 radical (unpaired) electrons. The molecule has 2 aromatic rings. The molecule has 5 heteroatoms. The summed E-state index contributed by atoms with van der Waals surface area (Å²) in [6.07, 6.45) is 1.93. The lowest BCUT2D eigenvalue weighted by molar-refractivity contribution is 0.0524. The van der Waals surface area contributed by atoms with Crippen LogP contribution in [0.3, 0.4) is 0 Å². The lowest BCUT2D eigenvalue weighted by Gasteiger charge is -2.25. The number of pyridine rings is 1. The average molecular weight is 366 g/mol. The number of hydrogen-bond donors (Lipinski definition) is 0. The molecule has 1 aromatic heterocycles. The van der Waals surface area contributed by atoms with Gasteiger partial charge in [-0.3, -0.25) is 4.79 Å². The van der Waals surface area contributed by atoms with E-state index >= 15 is 0 Å². The summed E-state index contributed by atoms with van der Waals surface area (Å²) in [5, 5.41) is 0. The minimum absolute atomic E-state index is 0.0728. The lowest BCUT2D eigenvalue weighted by Crippen LogP contribution is -2.31. The van der Waals surface area contributed by atoms with Crippen LogP contribution in [0, 0.1) is 20.8 Å². The van der Waals surface area contributed by atoms with Crippen LogP contribution in [-0.2, 0) is 4.74 Å². The van der Waals surface area contributed by atoms with Crippen molar-refractivity contribution in [3.63, 3.8) is 0 Å². The van der Waals surface area contributed by atoms with Gasteiger partial charge in [0.15, 0.2) is 0 Å². The van der Waals surface area contributed by atoms with Crippen molar-refractivity contribution in [2.75, 3.05) is 13.2 Å². The number of carbonyl (C=O) groups is 2. The molecule has 5 nitrogen and oxygen atoms in total. The molecule has 3 rings (SSSR count). The van der Waals surface area contributed by atoms with Gasteiger partial charge in [0.05, 0.1) is 23.9 Å². The molecule has 1 aliphatic rings. The van der Waals surface area contributed by atoms with Crippen molar-refractivity contribution in [2.24, 2.45) is 0 Å². The zero-order valence-corrected chi connectivity index (χ0v) is 16.4. The molecule has 27 heavy (non-hydrogen) atoms. The summed E-state index contributed by atoms with van der Waals surface area (Å²) in [6, 6.07) is 9.73. The highest BCUT2D eigenvalue weighted by atomic mass is 16.5. The average Bonchev–Trinajstić information content (AvgIpc) is 3.13. The first-order valence-electron chi connectivity index (χ1n) is 9.45. The largest absolute Gasteiger partial charge is 0.462 e. The van der Waals surface area contributed by atoms with Crippen LogP contribution < -0.4 is 0 Å². The van der Waals surface area contributed by atoms with E-state index in [0.717, 1.165) is 19.4 Å². The first-order valence-corrected chi connectivity index (χ1v) is 9.45. The molecule has 0 spiro atoms. The third kappa shape index (κ3) is 3.87. The van der Waals surface area contributed by atoms with E-state index in [1.165, 1.54) is 16.7 Å². The number of aromatic nitrogens is 1. The van der Waals surface area contributed by atoms with Crippen molar-refractivity contribution in [2.45, 2.75) is 46.6 Å². The number of carbonyl (C=O) groups excluding carboxylic acids is 2. The molecule has 2 heterocycles. The van der Waals surface area contributed by atoms with Gasteiger partial charge in [-0.05, 0) is 69.4 Å². The van der Waals surface area contributed by atoms with Gasteiger partial charge in [-0.25, -0.2) is 9.78 Å². The summed E-state index contributed by atoms with van der Waals surface area (Å²) in [7, 11) is 0. The van der Waals surface area contributed by atoms with Crippen LogP contribution in [0.15, 0.2) is 30.3 Å². The van der Waals surface area contributed by atoms with E-state index in [-0.39, 0.29) is 11.9 Å². The highest BCUT2D eigenvalue weighted by Crippen LogP contribution is 2.33. The molecule has 0 saturated carbocycles. The molecule has 1 amide bonds. The molecule has 1 atom stereocenters. The van der Waals surface area contributed by atoms with Crippen LogP contribution in [0.4, 0.5) is 0 Å². The maximum absolute atomic E-state index is 13.1. The number of likely N-dealkylation sites (tertiary alicyclic amines) is 1. The Morgan fingerprint density at radius 1 is 1.15 bits per heavy atom. The van der Waals surface area contributed by atoms with E-state index in [4.69, 9.17) is 4.74 Å². The molecule has 1 aliphatic heterocycles. The van der Waals surface area contributed by atoms with E-state index in [1.807, 2.05) is 4.90 Å². The van der Waals surface area contributed by atoms with Crippen LogP contribution in [0.1, 0.15) is 69.0 Å². The zero-order chi connectivity index (χ0) is 19.6. The predicted octanol–water partition coefficient (Wildman–Crippen LogP) is 4.16. The minimum atomic E-state index is -0.407. The normalized spacial score (nSPS) is 16.4. The first-order chi connectivity index (χ1) is 12.9. The number of hydrogen-bond acceptors (Lipinski definition) is 4. The summed E-state index contributed by atoms with van der Waals surface area (Å²) in [4.78, 5) is 31.3. The number of ether oxygens (including phenoxy) is 1. The molecule has 0 bridgehead atoms. The van der Waals surface area contributed by atoms with E-state index in [0.29, 0.717) is 23.6 Å². The van der Waals surface area contributed by atoms with Gasteiger partial charge >= 0.3 is 5.97 Å². The van der Waals surface area contributed by atoms with Crippen molar-refractivity contribution in [3.8, 4) is 0 Å². The summed E-state index contributed by atoms with van der Waals surface area (Å²) >= 11 is 0. The second-order valence-corrected chi connectivity index (χ2v) is 7.05. The molecule has 0 aliphatic carbocycles. The monoisotopic (exact) mass is 366 g/mol. The van der Waals surface area contributed by atoms with Gasteiger partial charge in [0.2, 0.25) is 0 Å². The summed E-state index contributed by atoms with van der Waals surface area (Å²) in [6.45, 7) is 8.71. The Labute approximate surface area is 160 Å². The van der Waals surface area contributed by atoms with Gasteiger partial charge in [0, 0.05) is 6.54 Å². The maximum atomic E-state index is 13.1. The fourth-order valence-electron chi connectivity index (χ4n) is 3.58. The van der Waals surface area contributed by atoms with Gasteiger partial charge in [-0.2, -0.15) is 0 Å². The molecule has 1 unspecified atom stereocenters. The first kappa shape index (κ1) is 19.1. The molecular weight excluding hydrogens is 340 g/mol. The molecule has 1 aromatic carbocycles. The van der Waals surface area contributed by atoms with Crippen LogP contribution >= 0.6 is 0 Å². The Morgan fingerprint density at radius 3 is 2.59 bits per heavy atom. The highest BCUT2D eigenvalue weighted by molar-refractivity contribution is 5.95. The van der Waals surface area contributed by atoms with Crippen molar-refractivity contribution in [1.29, 1.82) is 0 Å². The van der Waals surface area contributed by atoms with Crippen LogP contribution in [0.5, 0.6) is 0 Å². The number of amides is 1. The van der Waals surface area contributed by atoms with Crippen LogP contribution in [-0.4, -0.2) is 34.9 Å².